The van der Waals surface area contributed by atoms with Crippen molar-refractivity contribution in [2.45, 2.75) is 46.2 Å². The van der Waals surface area contributed by atoms with E-state index in [0.717, 1.165) is 18.9 Å². The van der Waals surface area contributed by atoms with Crippen LogP contribution in [0, 0.1) is 0 Å². The van der Waals surface area contributed by atoms with Crippen LogP contribution in [-0.2, 0) is 6.54 Å². The van der Waals surface area contributed by atoms with Gasteiger partial charge in [0.25, 0.3) is 0 Å². The van der Waals surface area contributed by atoms with Crippen molar-refractivity contribution in [1.29, 1.82) is 0 Å². The monoisotopic (exact) mass is 236 g/mol. The number of hydrogen-bond acceptors (Lipinski definition) is 4. The fourth-order valence-corrected chi connectivity index (χ4v) is 1.87. The molecule has 0 radical (unpaired) electrons. The fraction of sp³-hybridized carbons (Fsp3) is 0.692. The van der Waals surface area contributed by atoms with E-state index in [9.17, 15) is 0 Å². The lowest BCUT2D eigenvalue weighted by atomic mass is 10.1. The zero-order chi connectivity index (χ0) is 12.7. The largest absolute Gasteiger partial charge is 0.357 e. The van der Waals surface area contributed by atoms with Gasteiger partial charge in [-0.05, 0) is 19.9 Å². The molecule has 0 aliphatic rings. The van der Waals surface area contributed by atoms with E-state index in [0.29, 0.717) is 6.04 Å². The Labute approximate surface area is 104 Å². The van der Waals surface area contributed by atoms with Crippen molar-refractivity contribution in [3.05, 3.63) is 18.1 Å². The second kappa shape index (κ2) is 7.22. The molecule has 0 bridgehead atoms. The summed E-state index contributed by atoms with van der Waals surface area (Å²) in [4.78, 5) is 10.8. The van der Waals surface area contributed by atoms with Crippen molar-refractivity contribution in [2.24, 2.45) is 0 Å². The van der Waals surface area contributed by atoms with Crippen LogP contribution in [0.1, 0.15) is 39.2 Å². The minimum absolute atomic E-state index is 0.510. The third-order valence-electron chi connectivity index (χ3n) is 3.03. The van der Waals surface area contributed by atoms with E-state index in [-0.39, 0.29) is 0 Å². The van der Waals surface area contributed by atoms with Gasteiger partial charge in [-0.1, -0.05) is 20.3 Å². The summed E-state index contributed by atoms with van der Waals surface area (Å²) in [7, 11) is 2.11. The van der Waals surface area contributed by atoms with Crippen LogP contribution in [0.3, 0.4) is 0 Å². The van der Waals surface area contributed by atoms with Crippen LogP contribution >= 0.6 is 0 Å². The molecule has 1 rings (SSSR count). The molecule has 1 N–H and O–H groups in total. The van der Waals surface area contributed by atoms with Crippen LogP contribution < -0.4 is 10.2 Å². The van der Waals surface area contributed by atoms with Gasteiger partial charge in [-0.3, -0.25) is 0 Å². The molecule has 0 amide bonds. The molecule has 1 atom stereocenters. The molecule has 4 nitrogen and oxygen atoms in total. The Morgan fingerprint density at radius 2 is 2.18 bits per heavy atom. The van der Waals surface area contributed by atoms with Gasteiger partial charge in [0.1, 0.15) is 12.1 Å². The smallest absolute Gasteiger partial charge is 0.136 e. The quantitative estimate of drug-likeness (QED) is 0.788. The minimum Gasteiger partial charge on any atom is -0.357 e. The zero-order valence-corrected chi connectivity index (χ0v) is 11.4. The van der Waals surface area contributed by atoms with E-state index >= 15 is 0 Å². The fourth-order valence-electron chi connectivity index (χ4n) is 1.87. The second-order valence-corrected chi connectivity index (χ2v) is 4.40. The highest BCUT2D eigenvalue weighted by Crippen LogP contribution is 2.18. The van der Waals surface area contributed by atoms with Crippen molar-refractivity contribution in [1.82, 2.24) is 15.3 Å². The normalized spacial score (nSPS) is 12.5. The molecule has 96 valence electrons. The van der Waals surface area contributed by atoms with E-state index in [1.165, 1.54) is 18.4 Å². The number of nitrogens with one attached hydrogen (secondary N) is 1. The molecule has 1 aromatic heterocycles. The summed E-state index contributed by atoms with van der Waals surface area (Å²) >= 11 is 0. The standard InChI is InChI=1S/C13H24N4/c1-5-7-11(3)17(4)13-12(8-14-6-2)9-15-10-16-13/h9-11,14H,5-8H2,1-4H3. The number of aromatic nitrogens is 2. The van der Waals surface area contributed by atoms with E-state index < -0.39 is 0 Å². The Bertz CT molecular complexity index is 327. The van der Waals surface area contributed by atoms with E-state index in [1.807, 2.05) is 6.20 Å². The van der Waals surface area contributed by atoms with Crippen molar-refractivity contribution in [2.75, 3.05) is 18.5 Å². The van der Waals surface area contributed by atoms with Gasteiger partial charge in [-0.25, -0.2) is 9.97 Å². The Balaban J connectivity index is 2.80. The first-order chi connectivity index (χ1) is 8.20. The molecular weight excluding hydrogens is 212 g/mol. The van der Waals surface area contributed by atoms with Crippen molar-refractivity contribution in [3.63, 3.8) is 0 Å². The van der Waals surface area contributed by atoms with E-state index in [4.69, 9.17) is 0 Å². The summed E-state index contributed by atoms with van der Waals surface area (Å²) in [6, 6.07) is 0.510. The van der Waals surface area contributed by atoms with Crippen LogP contribution in [-0.4, -0.2) is 29.6 Å². The lowest BCUT2D eigenvalue weighted by Gasteiger charge is -2.27. The van der Waals surface area contributed by atoms with Crippen molar-refractivity contribution in [3.8, 4) is 0 Å². The third-order valence-corrected chi connectivity index (χ3v) is 3.03. The first-order valence-corrected chi connectivity index (χ1v) is 6.43. The molecule has 0 aromatic carbocycles. The Morgan fingerprint density at radius 1 is 1.41 bits per heavy atom. The van der Waals surface area contributed by atoms with Gasteiger partial charge < -0.3 is 10.2 Å². The second-order valence-electron chi connectivity index (χ2n) is 4.40. The maximum atomic E-state index is 4.41. The van der Waals surface area contributed by atoms with Crippen LogP contribution in [0.4, 0.5) is 5.82 Å². The van der Waals surface area contributed by atoms with Gasteiger partial charge in [-0.15, -0.1) is 0 Å². The summed E-state index contributed by atoms with van der Waals surface area (Å²) < 4.78 is 0. The van der Waals surface area contributed by atoms with Crippen LogP contribution in [0.25, 0.3) is 0 Å². The Kier molecular flexibility index (Phi) is 5.91. The highest BCUT2D eigenvalue weighted by Gasteiger charge is 2.13. The van der Waals surface area contributed by atoms with Gasteiger partial charge in [0.15, 0.2) is 0 Å². The highest BCUT2D eigenvalue weighted by atomic mass is 15.2. The van der Waals surface area contributed by atoms with E-state index in [1.54, 1.807) is 6.33 Å². The lowest BCUT2D eigenvalue weighted by Crippen LogP contribution is -2.31. The van der Waals surface area contributed by atoms with Gasteiger partial charge in [0.05, 0.1) is 0 Å². The molecule has 0 fully saturated rings. The van der Waals surface area contributed by atoms with Crippen LogP contribution in [0.15, 0.2) is 12.5 Å². The maximum Gasteiger partial charge on any atom is 0.136 e. The maximum absolute atomic E-state index is 4.41. The summed E-state index contributed by atoms with van der Waals surface area (Å²) in [5.41, 5.74) is 1.17. The molecule has 0 aliphatic carbocycles. The molecule has 4 heteroatoms. The van der Waals surface area contributed by atoms with Gasteiger partial charge >= 0.3 is 0 Å². The third kappa shape index (κ3) is 3.97. The summed E-state index contributed by atoms with van der Waals surface area (Å²) in [5, 5.41) is 3.32. The molecule has 1 aromatic rings. The topological polar surface area (TPSA) is 41.1 Å². The number of anilines is 1. The van der Waals surface area contributed by atoms with Gasteiger partial charge in [-0.2, -0.15) is 0 Å². The molecular formula is C13H24N4. The summed E-state index contributed by atoms with van der Waals surface area (Å²) in [6.07, 6.45) is 5.90. The number of nitrogens with zero attached hydrogens (tertiary/aromatic N) is 3. The first-order valence-electron chi connectivity index (χ1n) is 6.43. The van der Waals surface area contributed by atoms with Crippen LogP contribution in [0.2, 0.25) is 0 Å². The number of rotatable bonds is 7. The molecule has 17 heavy (non-hydrogen) atoms. The average Bonchev–Trinajstić information content (AvgIpc) is 2.36. The number of hydrogen-bond donors (Lipinski definition) is 1. The SMILES string of the molecule is CCCC(C)N(C)c1ncncc1CNCC. The molecule has 1 unspecified atom stereocenters. The van der Waals surface area contributed by atoms with Crippen molar-refractivity contribution >= 4 is 5.82 Å². The van der Waals surface area contributed by atoms with Gasteiger partial charge in [0.2, 0.25) is 0 Å². The predicted octanol–water partition coefficient (Wildman–Crippen LogP) is 2.21. The zero-order valence-electron chi connectivity index (χ0n) is 11.4. The molecule has 1 heterocycles. The molecule has 0 aliphatic heterocycles. The predicted molar refractivity (Wildman–Crippen MR) is 72.2 cm³/mol. The molecule has 0 spiro atoms. The summed E-state index contributed by atoms with van der Waals surface area (Å²) in [5.74, 6) is 1.04. The Morgan fingerprint density at radius 3 is 2.82 bits per heavy atom. The first kappa shape index (κ1) is 13.9. The lowest BCUT2D eigenvalue weighted by molar-refractivity contribution is 0.605. The van der Waals surface area contributed by atoms with Crippen LogP contribution in [0.5, 0.6) is 0 Å². The van der Waals surface area contributed by atoms with Gasteiger partial charge in [0, 0.05) is 31.4 Å². The highest BCUT2D eigenvalue weighted by molar-refractivity contribution is 5.45. The minimum atomic E-state index is 0.510. The summed E-state index contributed by atoms with van der Waals surface area (Å²) in [6.45, 7) is 8.35. The van der Waals surface area contributed by atoms with E-state index in [2.05, 4.69) is 48.0 Å². The average molecular weight is 236 g/mol. The van der Waals surface area contributed by atoms with Crippen molar-refractivity contribution < 1.29 is 0 Å². The Hall–Kier alpha value is -1.16. The molecule has 0 saturated carbocycles. The molecule has 0 saturated heterocycles.